The predicted molar refractivity (Wildman–Crippen MR) is 99.8 cm³/mol. The van der Waals surface area contributed by atoms with Crippen LogP contribution in [0.5, 0.6) is 0 Å². The third-order valence-corrected chi connectivity index (χ3v) is 3.20. The zero-order valence-electron chi connectivity index (χ0n) is 16.6. The summed E-state index contributed by atoms with van der Waals surface area (Å²) in [6.45, 7) is 9.97. The molecule has 0 bridgehead atoms. The van der Waals surface area contributed by atoms with Crippen molar-refractivity contribution in [1.29, 1.82) is 0 Å². The van der Waals surface area contributed by atoms with Gasteiger partial charge in [0.2, 0.25) is 0 Å². The Bertz CT molecular complexity index is 530. The quantitative estimate of drug-likeness (QED) is 0.511. The molecule has 142 valence electrons. The average molecular weight is 394 g/mol. The van der Waals surface area contributed by atoms with Crippen molar-refractivity contribution in [1.82, 2.24) is 0 Å². The molecule has 0 radical (unpaired) electrons. The molecule has 2 rings (SSSR count). The molecule has 0 spiro atoms. The first-order valence-electron chi connectivity index (χ1n) is 8.33. The first-order valence-corrected chi connectivity index (χ1v) is 8.33. The number of carboxylic acids is 2. The molecule has 0 saturated carbocycles. The molecule has 0 aliphatic heterocycles. The van der Waals surface area contributed by atoms with Gasteiger partial charge in [0.15, 0.2) is 0 Å². The molecule has 0 aromatic rings. The summed E-state index contributed by atoms with van der Waals surface area (Å²) in [6, 6.07) is 0. The Morgan fingerprint density at radius 1 is 0.846 bits per heavy atom. The van der Waals surface area contributed by atoms with Crippen molar-refractivity contribution in [3.63, 3.8) is 0 Å². The summed E-state index contributed by atoms with van der Waals surface area (Å²) in [5.41, 5.74) is 1.47. The molecule has 2 aliphatic carbocycles. The summed E-state index contributed by atoms with van der Waals surface area (Å²) in [6.07, 6.45) is 18.2. The maximum Gasteiger partial charge on any atom is 2.00 e. The van der Waals surface area contributed by atoms with Gasteiger partial charge in [-0.1, -0.05) is 6.42 Å². The van der Waals surface area contributed by atoms with Crippen molar-refractivity contribution >= 4 is 11.9 Å². The van der Waals surface area contributed by atoms with E-state index in [4.69, 9.17) is 10.2 Å². The largest absolute Gasteiger partial charge is 2.00 e. The van der Waals surface area contributed by atoms with E-state index in [1.807, 2.05) is 0 Å². The molecule has 0 aromatic heterocycles. The second kappa shape index (κ2) is 12.1. The van der Waals surface area contributed by atoms with Crippen LogP contribution in [0.4, 0.5) is 0 Å². The minimum atomic E-state index is -0.757. The number of allylic oxidation sites excluding steroid dienone is 8. The van der Waals surface area contributed by atoms with Crippen LogP contribution in [0.15, 0.2) is 35.5 Å². The van der Waals surface area contributed by atoms with E-state index in [2.05, 4.69) is 36.5 Å². The molecular formula is C21H30O4Ti. The first-order chi connectivity index (χ1) is 11.3. The second-order valence-electron chi connectivity index (χ2n) is 7.90. The number of hydrogen-bond acceptors (Lipinski definition) is 2. The molecule has 0 amide bonds. The van der Waals surface area contributed by atoms with E-state index < -0.39 is 22.8 Å². The van der Waals surface area contributed by atoms with Gasteiger partial charge >= 0.3 is 33.7 Å². The predicted octanol–water partition coefficient (Wildman–Crippen LogP) is 4.99. The van der Waals surface area contributed by atoms with Gasteiger partial charge in [-0.05, 0) is 41.5 Å². The summed E-state index contributed by atoms with van der Waals surface area (Å²) < 4.78 is 0. The summed E-state index contributed by atoms with van der Waals surface area (Å²) in [4.78, 5) is 20.0. The van der Waals surface area contributed by atoms with Gasteiger partial charge in [0.25, 0.3) is 0 Å². The van der Waals surface area contributed by atoms with Crippen LogP contribution < -0.4 is 0 Å². The van der Waals surface area contributed by atoms with Crippen molar-refractivity contribution in [3.8, 4) is 0 Å². The maximum atomic E-state index is 10.0. The molecule has 2 aliphatic rings. The molecule has 0 atom stereocenters. The molecule has 0 unspecified atom stereocenters. The fourth-order valence-electron chi connectivity index (χ4n) is 1.35. The van der Waals surface area contributed by atoms with Gasteiger partial charge in [-0.2, -0.15) is 12.2 Å². The van der Waals surface area contributed by atoms with E-state index in [1.165, 1.54) is 11.1 Å². The van der Waals surface area contributed by atoms with Crippen molar-refractivity contribution in [2.75, 3.05) is 0 Å². The summed E-state index contributed by atoms with van der Waals surface area (Å²) in [5.74, 6) is -1.51. The normalized spacial score (nSPS) is 14.8. The minimum absolute atomic E-state index is 0. The van der Waals surface area contributed by atoms with Crippen LogP contribution in [0.2, 0.25) is 0 Å². The molecule has 0 fully saturated rings. The van der Waals surface area contributed by atoms with E-state index >= 15 is 0 Å². The molecule has 0 heterocycles. The van der Waals surface area contributed by atoms with Gasteiger partial charge in [-0.25, -0.2) is 23.3 Å². The van der Waals surface area contributed by atoms with E-state index in [0.29, 0.717) is 0 Å². The Morgan fingerprint density at radius 3 is 1.27 bits per heavy atom. The standard InChI is InChI=1S/C11H10.2C5H10O2.Ti/c1-2-6-10(5-1)9-11-7-3-4-8-11;2*1-5(2,3)4(6)7;/h1,3,5,7H,2,4,9H2;2*1-3H3,(H,6,7);/q-2;;;+2. The Kier molecular flexibility index (Phi) is 12.5. The van der Waals surface area contributed by atoms with E-state index in [-0.39, 0.29) is 21.7 Å². The van der Waals surface area contributed by atoms with Crippen LogP contribution in [-0.2, 0) is 31.3 Å². The zero-order valence-corrected chi connectivity index (χ0v) is 18.2. The molecule has 2 N–H and O–H groups in total. The monoisotopic (exact) mass is 394 g/mol. The van der Waals surface area contributed by atoms with Gasteiger partial charge in [-0.3, -0.25) is 21.7 Å². The van der Waals surface area contributed by atoms with E-state index in [1.54, 1.807) is 41.5 Å². The number of aliphatic carboxylic acids is 2. The average Bonchev–Trinajstić information content (AvgIpc) is 3.12. The van der Waals surface area contributed by atoms with E-state index in [9.17, 15) is 9.59 Å². The Hall–Kier alpha value is -1.39. The molecule has 5 heteroatoms. The third kappa shape index (κ3) is 12.9. The Labute approximate surface area is 172 Å². The van der Waals surface area contributed by atoms with Crippen LogP contribution in [0.1, 0.15) is 60.8 Å². The summed E-state index contributed by atoms with van der Waals surface area (Å²) in [5, 5.41) is 16.5. The van der Waals surface area contributed by atoms with Crippen LogP contribution in [-0.4, -0.2) is 22.2 Å². The van der Waals surface area contributed by atoms with Gasteiger partial charge < -0.3 is 10.2 Å². The van der Waals surface area contributed by atoms with Crippen LogP contribution in [0, 0.1) is 23.0 Å². The topological polar surface area (TPSA) is 74.6 Å². The Morgan fingerprint density at radius 2 is 1.12 bits per heavy atom. The number of hydrogen-bond donors (Lipinski definition) is 2. The summed E-state index contributed by atoms with van der Waals surface area (Å²) >= 11 is 0. The molecule has 4 nitrogen and oxygen atoms in total. The van der Waals surface area contributed by atoms with Crippen molar-refractivity contribution < 1.29 is 41.5 Å². The van der Waals surface area contributed by atoms with Crippen LogP contribution in [0.25, 0.3) is 0 Å². The smallest absolute Gasteiger partial charge is 0.481 e. The van der Waals surface area contributed by atoms with Crippen molar-refractivity contribution in [2.45, 2.75) is 60.8 Å². The van der Waals surface area contributed by atoms with Gasteiger partial charge in [-0.15, -0.1) is 12.8 Å². The fraction of sp³-hybridized carbons (Fsp3) is 0.524. The van der Waals surface area contributed by atoms with Crippen molar-refractivity contribution in [2.24, 2.45) is 10.8 Å². The molecule has 26 heavy (non-hydrogen) atoms. The zero-order chi connectivity index (χ0) is 19.7. The molecule has 0 aromatic carbocycles. The van der Waals surface area contributed by atoms with Gasteiger partial charge in [0.1, 0.15) is 0 Å². The minimum Gasteiger partial charge on any atom is -0.481 e. The van der Waals surface area contributed by atoms with E-state index in [0.717, 1.165) is 19.3 Å². The SMILES string of the molecule is CC(C)(C)C(=O)O.CC(C)(C)C(=O)O.[C-]1=C(CC2=[C-]CC=C2)C=CC1.[Ti+2]. The fourth-order valence-corrected chi connectivity index (χ4v) is 1.35. The molecular weight excluding hydrogens is 364 g/mol. The second-order valence-corrected chi connectivity index (χ2v) is 7.90. The van der Waals surface area contributed by atoms with Crippen LogP contribution >= 0.6 is 0 Å². The van der Waals surface area contributed by atoms with Crippen LogP contribution in [0.3, 0.4) is 0 Å². The number of rotatable bonds is 2. The number of carbonyl (C=O) groups is 2. The van der Waals surface area contributed by atoms with Gasteiger partial charge in [0, 0.05) is 0 Å². The first kappa shape index (κ1) is 26.8. The van der Waals surface area contributed by atoms with Crippen molar-refractivity contribution in [3.05, 3.63) is 47.6 Å². The Balaban J connectivity index is 0. The third-order valence-electron chi connectivity index (χ3n) is 3.20. The maximum absolute atomic E-state index is 10.0. The number of carboxylic acid groups (broad SMARTS) is 2. The summed E-state index contributed by atoms with van der Waals surface area (Å²) in [7, 11) is 0. The van der Waals surface area contributed by atoms with Gasteiger partial charge in [0.05, 0.1) is 10.8 Å². The molecule has 0 saturated heterocycles.